The molecular weight excluding hydrogens is 186 g/mol. The van der Waals surface area contributed by atoms with E-state index in [1.807, 2.05) is 19.1 Å². The molecule has 15 heavy (non-hydrogen) atoms. The molecule has 1 aromatic heterocycles. The van der Waals surface area contributed by atoms with E-state index in [0.717, 1.165) is 12.1 Å². The molecular formula is C13H19NO. The zero-order valence-electron chi connectivity index (χ0n) is 9.79. The van der Waals surface area contributed by atoms with Gasteiger partial charge in [-0.15, -0.1) is 0 Å². The molecule has 0 atom stereocenters. The van der Waals surface area contributed by atoms with E-state index in [2.05, 4.69) is 18.8 Å². The predicted octanol–water partition coefficient (Wildman–Crippen LogP) is 2.94. The van der Waals surface area contributed by atoms with Gasteiger partial charge >= 0.3 is 0 Å². The lowest BCUT2D eigenvalue weighted by molar-refractivity contribution is -0.119. The van der Waals surface area contributed by atoms with Crippen LogP contribution in [0.25, 0.3) is 0 Å². The number of hydrogen-bond acceptors (Lipinski definition) is 2. The van der Waals surface area contributed by atoms with E-state index in [9.17, 15) is 4.79 Å². The summed E-state index contributed by atoms with van der Waals surface area (Å²) < 4.78 is 0. The van der Waals surface area contributed by atoms with Gasteiger partial charge in [0, 0.05) is 24.7 Å². The van der Waals surface area contributed by atoms with E-state index in [4.69, 9.17) is 0 Å². The third-order valence-corrected chi connectivity index (χ3v) is 2.43. The summed E-state index contributed by atoms with van der Waals surface area (Å²) in [5.74, 6) is 0.820. The molecule has 0 aromatic carbocycles. The molecule has 0 N–H and O–H groups in total. The average molecular weight is 205 g/mol. The van der Waals surface area contributed by atoms with E-state index < -0.39 is 0 Å². The number of carbonyl (C=O) groups is 1. The van der Waals surface area contributed by atoms with Crippen LogP contribution in [0.3, 0.4) is 0 Å². The minimum Gasteiger partial charge on any atom is -0.300 e. The Morgan fingerprint density at radius 3 is 2.80 bits per heavy atom. The first-order valence-electron chi connectivity index (χ1n) is 5.51. The fourth-order valence-corrected chi connectivity index (χ4v) is 1.61. The summed E-state index contributed by atoms with van der Waals surface area (Å²) in [6.07, 6.45) is 3.95. The highest BCUT2D eigenvalue weighted by atomic mass is 16.1. The number of ketones is 1. The molecule has 0 unspecified atom stereocenters. The predicted molar refractivity (Wildman–Crippen MR) is 61.8 cm³/mol. The molecule has 1 aromatic rings. The van der Waals surface area contributed by atoms with Gasteiger partial charge in [-0.3, -0.25) is 9.78 Å². The molecule has 0 aliphatic rings. The fourth-order valence-electron chi connectivity index (χ4n) is 1.61. The Bertz CT molecular complexity index is 331. The van der Waals surface area contributed by atoms with E-state index >= 15 is 0 Å². The molecule has 0 aliphatic heterocycles. The molecule has 1 rings (SSSR count). The van der Waals surface area contributed by atoms with Crippen LogP contribution < -0.4 is 0 Å². The van der Waals surface area contributed by atoms with Crippen LogP contribution in [0.1, 0.15) is 37.9 Å². The van der Waals surface area contributed by atoms with Gasteiger partial charge in [-0.1, -0.05) is 19.9 Å². The van der Waals surface area contributed by atoms with Crippen LogP contribution in [0, 0.1) is 12.8 Å². The Morgan fingerprint density at radius 1 is 1.47 bits per heavy atom. The van der Waals surface area contributed by atoms with Gasteiger partial charge < -0.3 is 0 Å². The lowest BCUT2D eigenvalue weighted by Crippen LogP contribution is -2.05. The molecule has 82 valence electrons. The Morgan fingerprint density at radius 2 is 2.20 bits per heavy atom. The highest BCUT2D eigenvalue weighted by Crippen LogP contribution is 2.09. The van der Waals surface area contributed by atoms with Crippen molar-refractivity contribution in [1.82, 2.24) is 4.98 Å². The summed E-state index contributed by atoms with van der Waals surface area (Å²) in [6, 6.07) is 3.97. The van der Waals surface area contributed by atoms with Gasteiger partial charge in [0.15, 0.2) is 0 Å². The second kappa shape index (κ2) is 5.64. The van der Waals surface area contributed by atoms with Crippen molar-refractivity contribution < 1.29 is 4.79 Å². The van der Waals surface area contributed by atoms with Crippen LogP contribution >= 0.6 is 0 Å². The van der Waals surface area contributed by atoms with Gasteiger partial charge in [0.2, 0.25) is 0 Å². The van der Waals surface area contributed by atoms with Gasteiger partial charge in [0.25, 0.3) is 0 Å². The monoisotopic (exact) mass is 205 g/mol. The number of rotatable bonds is 5. The van der Waals surface area contributed by atoms with Crippen LogP contribution in [0.5, 0.6) is 0 Å². The maximum atomic E-state index is 11.5. The quantitative estimate of drug-likeness (QED) is 0.739. The number of hydrogen-bond donors (Lipinski definition) is 0. The molecule has 2 nitrogen and oxygen atoms in total. The highest BCUT2D eigenvalue weighted by Gasteiger charge is 2.06. The van der Waals surface area contributed by atoms with Crippen molar-refractivity contribution in [3.63, 3.8) is 0 Å². The fraction of sp³-hybridized carbons (Fsp3) is 0.538. The van der Waals surface area contributed by atoms with Crippen molar-refractivity contribution in [2.24, 2.45) is 5.92 Å². The van der Waals surface area contributed by atoms with E-state index in [1.54, 1.807) is 6.20 Å². The Kier molecular flexibility index (Phi) is 4.47. The standard InChI is InChI=1S/C13H19NO/c1-10(2)9-13(15)7-6-12-5-4-8-14-11(12)3/h4-5,8,10H,6-7,9H2,1-3H3. The van der Waals surface area contributed by atoms with Crippen LogP contribution in [0.2, 0.25) is 0 Å². The van der Waals surface area contributed by atoms with Gasteiger partial charge in [0.1, 0.15) is 5.78 Å². The smallest absolute Gasteiger partial charge is 0.133 e. The molecule has 0 radical (unpaired) electrons. The number of carbonyl (C=O) groups excluding carboxylic acids is 1. The first-order valence-corrected chi connectivity index (χ1v) is 5.51. The molecule has 0 saturated carbocycles. The number of aryl methyl sites for hydroxylation is 2. The first-order chi connectivity index (χ1) is 7.09. The number of pyridine rings is 1. The van der Waals surface area contributed by atoms with Crippen LogP contribution in [0.4, 0.5) is 0 Å². The third-order valence-electron chi connectivity index (χ3n) is 2.43. The minimum atomic E-state index is 0.355. The van der Waals surface area contributed by atoms with Crippen molar-refractivity contribution in [2.45, 2.75) is 40.0 Å². The Labute approximate surface area is 91.7 Å². The maximum absolute atomic E-state index is 11.5. The Hall–Kier alpha value is -1.18. The van der Waals surface area contributed by atoms with Crippen molar-refractivity contribution in [3.8, 4) is 0 Å². The van der Waals surface area contributed by atoms with Crippen molar-refractivity contribution >= 4 is 5.78 Å². The Balaban J connectivity index is 2.44. The minimum absolute atomic E-state index is 0.355. The van der Waals surface area contributed by atoms with Crippen molar-refractivity contribution in [3.05, 3.63) is 29.6 Å². The zero-order chi connectivity index (χ0) is 11.3. The molecule has 0 bridgehead atoms. The first kappa shape index (κ1) is 11.9. The van der Waals surface area contributed by atoms with Crippen molar-refractivity contribution in [1.29, 1.82) is 0 Å². The summed E-state index contributed by atoms with van der Waals surface area (Å²) in [7, 11) is 0. The molecule has 0 fully saturated rings. The summed E-state index contributed by atoms with van der Waals surface area (Å²) in [6.45, 7) is 6.14. The third kappa shape index (κ3) is 4.24. The summed E-state index contributed by atoms with van der Waals surface area (Å²) in [4.78, 5) is 15.7. The van der Waals surface area contributed by atoms with Gasteiger partial charge in [-0.05, 0) is 30.9 Å². The normalized spacial score (nSPS) is 10.7. The van der Waals surface area contributed by atoms with Crippen LogP contribution in [-0.2, 0) is 11.2 Å². The second-order valence-electron chi connectivity index (χ2n) is 4.38. The SMILES string of the molecule is Cc1ncccc1CCC(=O)CC(C)C. The molecule has 2 heteroatoms. The molecule has 0 aliphatic carbocycles. The molecule has 0 amide bonds. The summed E-state index contributed by atoms with van der Waals surface area (Å²) >= 11 is 0. The zero-order valence-corrected chi connectivity index (χ0v) is 9.79. The summed E-state index contributed by atoms with van der Waals surface area (Å²) in [5, 5.41) is 0. The lowest BCUT2D eigenvalue weighted by atomic mass is 10.0. The number of aromatic nitrogens is 1. The second-order valence-corrected chi connectivity index (χ2v) is 4.38. The molecule has 0 spiro atoms. The lowest BCUT2D eigenvalue weighted by Gasteiger charge is -2.05. The van der Waals surface area contributed by atoms with Gasteiger partial charge in [-0.25, -0.2) is 0 Å². The average Bonchev–Trinajstić information content (AvgIpc) is 2.15. The van der Waals surface area contributed by atoms with E-state index in [-0.39, 0.29) is 0 Å². The van der Waals surface area contributed by atoms with Crippen LogP contribution in [0.15, 0.2) is 18.3 Å². The van der Waals surface area contributed by atoms with E-state index in [1.165, 1.54) is 5.56 Å². The molecule has 0 saturated heterocycles. The topological polar surface area (TPSA) is 30.0 Å². The van der Waals surface area contributed by atoms with E-state index in [0.29, 0.717) is 24.5 Å². The van der Waals surface area contributed by atoms with Crippen LogP contribution in [-0.4, -0.2) is 10.8 Å². The number of nitrogens with zero attached hydrogens (tertiary/aromatic N) is 1. The maximum Gasteiger partial charge on any atom is 0.133 e. The van der Waals surface area contributed by atoms with Gasteiger partial charge in [-0.2, -0.15) is 0 Å². The highest BCUT2D eigenvalue weighted by molar-refractivity contribution is 5.78. The van der Waals surface area contributed by atoms with Gasteiger partial charge in [0.05, 0.1) is 0 Å². The van der Waals surface area contributed by atoms with Crippen molar-refractivity contribution in [2.75, 3.05) is 0 Å². The number of Topliss-reactive ketones (excluding diaryl/α,β-unsaturated/α-hetero) is 1. The molecule has 1 heterocycles. The summed E-state index contributed by atoms with van der Waals surface area (Å²) in [5.41, 5.74) is 2.23. The largest absolute Gasteiger partial charge is 0.300 e.